The van der Waals surface area contributed by atoms with Crippen molar-refractivity contribution < 1.29 is 0 Å². The lowest BCUT2D eigenvalue weighted by molar-refractivity contribution is 0.519. The molecule has 2 rings (SSSR count). The highest BCUT2D eigenvalue weighted by atomic mass is 31.1. The molecule has 0 bridgehead atoms. The first kappa shape index (κ1) is 23.2. The summed E-state index contributed by atoms with van der Waals surface area (Å²) in [7, 11) is 1.33. The van der Waals surface area contributed by atoms with Gasteiger partial charge in [0, 0.05) is 10.6 Å². The van der Waals surface area contributed by atoms with Crippen LogP contribution in [0.2, 0.25) is 0 Å². The van der Waals surface area contributed by atoms with E-state index < -0.39 is 0 Å². The van der Waals surface area contributed by atoms with Gasteiger partial charge in [0.05, 0.1) is 0 Å². The molecular formula is C27H41P. The second-order valence-corrected chi connectivity index (χ2v) is 13.6. The minimum absolute atomic E-state index is 0.114. The van der Waals surface area contributed by atoms with E-state index in [-0.39, 0.29) is 21.7 Å². The first-order chi connectivity index (χ1) is 12.4. The molecular weight excluding hydrogens is 355 g/mol. The van der Waals surface area contributed by atoms with Crippen LogP contribution in [0.25, 0.3) is 0 Å². The summed E-state index contributed by atoms with van der Waals surface area (Å²) in [5.41, 5.74) is 6.43. The molecule has 0 saturated heterocycles. The Morgan fingerprint density at radius 3 is 1.36 bits per heavy atom. The van der Waals surface area contributed by atoms with E-state index in [4.69, 9.17) is 0 Å². The zero-order valence-corrected chi connectivity index (χ0v) is 21.2. The zero-order chi connectivity index (χ0) is 21.7. The Hall–Kier alpha value is -1.13. The smallest absolute Gasteiger partial charge is 0.00984 e. The van der Waals surface area contributed by atoms with Gasteiger partial charge in [-0.05, 0) is 50.0 Å². The van der Waals surface area contributed by atoms with Crippen molar-refractivity contribution in [2.75, 3.05) is 0 Å². The normalized spacial score (nSPS) is 17.4. The summed E-state index contributed by atoms with van der Waals surface area (Å²) >= 11 is 0. The van der Waals surface area contributed by atoms with Crippen molar-refractivity contribution in [1.29, 1.82) is 0 Å². The van der Waals surface area contributed by atoms with Gasteiger partial charge in [0.2, 0.25) is 0 Å². The van der Waals surface area contributed by atoms with Gasteiger partial charge in [-0.3, -0.25) is 0 Å². The molecule has 0 aromatic heterocycles. The predicted molar refractivity (Wildman–Crippen MR) is 131 cm³/mol. The van der Waals surface area contributed by atoms with Crippen LogP contribution >= 0.6 is 8.20 Å². The predicted octanol–water partition coefficient (Wildman–Crippen LogP) is 7.87. The molecule has 0 nitrogen and oxygen atoms in total. The summed E-state index contributed by atoms with van der Waals surface area (Å²) in [6.07, 6.45) is 7.02. The molecule has 1 aromatic carbocycles. The quantitative estimate of drug-likeness (QED) is 0.424. The fourth-order valence-electron chi connectivity index (χ4n) is 3.43. The van der Waals surface area contributed by atoms with Crippen LogP contribution in [0.5, 0.6) is 0 Å². The van der Waals surface area contributed by atoms with Gasteiger partial charge in [-0.1, -0.05) is 116 Å². The fraction of sp³-hybridized carbons (Fsp3) is 0.593. The zero-order valence-electron chi connectivity index (χ0n) is 20.3. The molecule has 0 radical (unpaired) electrons. The highest BCUT2D eigenvalue weighted by Gasteiger charge is 2.29. The minimum Gasteiger partial charge on any atom is -0.0598 e. The summed E-state index contributed by atoms with van der Waals surface area (Å²) in [6, 6.07) is 4.95. The summed E-state index contributed by atoms with van der Waals surface area (Å²) < 4.78 is 0. The molecule has 0 aliphatic heterocycles. The van der Waals surface area contributed by atoms with Gasteiger partial charge in [0.1, 0.15) is 0 Å². The molecule has 0 unspecified atom stereocenters. The number of hydrogen-bond acceptors (Lipinski definition) is 0. The Labute approximate surface area is 176 Å². The highest BCUT2D eigenvalue weighted by molar-refractivity contribution is 7.50. The van der Waals surface area contributed by atoms with Crippen molar-refractivity contribution in [1.82, 2.24) is 0 Å². The molecule has 0 spiro atoms. The summed E-state index contributed by atoms with van der Waals surface area (Å²) in [5.74, 6) is 0. The number of benzene rings is 1. The molecule has 0 amide bonds. The standard InChI is InChI=1S/C27H41P/c1-24(2,3)18-13-14-20(15-18)28-23-21(26(7,8)9)16-19(25(4,5)6)17-22(23)27(10,11)12/h13-17H,1-12H3. The molecule has 0 saturated carbocycles. The Bertz CT molecular complexity index is 797. The van der Waals surface area contributed by atoms with Crippen LogP contribution in [0.1, 0.15) is 99.8 Å². The van der Waals surface area contributed by atoms with Gasteiger partial charge in [-0.15, -0.1) is 0 Å². The molecule has 1 aliphatic rings. The van der Waals surface area contributed by atoms with Gasteiger partial charge in [0.15, 0.2) is 0 Å². The lowest BCUT2D eigenvalue weighted by Gasteiger charge is -2.32. The second-order valence-electron chi connectivity index (χ2n) is 12.4. The third kappa shape index (κ3) is 5.27. The van der Waals surface area contributed by atoms with Crippen molar-refractivity contribution in [2.45, 2.75) is 99.3 Å². The molecule has 0 heterocycles. The van der Waals surface area contributed by atoms with Crippen molar-refractivity contribution >= 4 is 18.8 Å². The summed E-state index contributed by atoms with van der Waals surface area (Å²) in [5, 5.41) is 2.91. The largest absolute Gasteiger partial charge is 0.0598 e. The molecule has 0 atom stereocenters. The van der Waals surface area contributed by atoms with Crippen LogP contribution in [0.3, 0.4) is 0 Å². The van der Waals surface area contributed by atoms with Crippen LogP contribution in [0.15, 0.2) is 35.9 Å². The molecule has 28 heavy (non-hydrogen) atoms. The van der Waals surface area contributed by atoms with Crippen LogP contribution < -0.4 is 5.30 Å². The molecule has 0 N–H and O–H groups in total. The molecule has 0 fully saturated rings. The number of allylic oxidation sites excluding steroid dienone is 4. The lowest BCUT2D eigenvalue weighted by Crippen LogP contribution is -2.30. The van der Waals surface area contributed by atoms with E-state index >= 15 is 0 Å². The van der Waals surface area contributed by atoms with Crippen LogP contribution in [-0.4, -0.2) is 5.29 Å². The monoisotopic (exact) mass is 396 g/mol. The highest BCUT2D eigenvalue weighted by Crippen LogP contribution is 2.36. The summed E-state index contributed by atoms with van der Waals surface area (Å²) in [6.45, 7) is 28.0. The van der Waals surface area contributed by atoms with E-state index in [1.807, 2.05) is 0 Å². The Kier molecular flexibility index (Phi) is 6.02. The van der Waals surface area contributed by atoms with Crippen molar-refractivity contribution in [3.8, 4) is 0 Å². The van der Waals surface area contributed by atoms with Crippen molar-refractivity contribution in [3.05, 3.63) is 52.6 Å². The molecule has 1 aromatic rings. The van der Waals surface area contributed by atoms with Gasteiger partial charge in [0.25, 0.3) is 0 Å². The minimum atomic E-state index is 0.114. The summed E-state index contributed by atoms with van der Waals surface area (Å²) in [4.78, 5) is 0. The first-order valence-electron chi connectivity index (χ1n) is 10.6. The average Bonchev–Trinajstić information content (AvgIpc) is 2.92. The van der Waals surface area contributed by atoms with E-state index in [2.05, 4.69) is 113 Å². The Balaban J connectivity index is 2.81. The van der Waals surface area contributed by atoms with Gasteiger partial charge in [-0.2, -0.15) is 0 Å². The average molecular weight is 397 g/mol. The van der Waals surface area contributed by atoms with E-state index in [0.29, 0.717) is 0 Å². The van der Waals surface area contributed by atoms with Crippen LogP contribution in [0.4, 0.5) is 0 Å². The van der Waals surface area contributed by atoms with Crippen LogP contribution in [0, 0.1) is 5.41 Å². The van der Waals surface area contributed by atoms with Gasteiger partial charge >= 0.3 is 0 Å². The van der Waals surface area contributed by atoms with E-state index in [1.165, 1.54) is 41.1 Å². The fourth-order valence-corrected chi connectivity index (χ4v) is 5.08. The van der Waals surface area contributed by atoms with E-state index in [1.54, 1.807) is 0 Å². The lowest BCUT2D eigenvalue weighted by atomic mass is 9.75. The SMILES string of the molecule is CC(C)(C)C1=CC(=Pc2c(C(C)(C)C)cc(C(C)(C)C)cc2C(C)(C)C)C=C1. The maximum Gasteiger partial charge on any atom is 0.00984 e. The Morgan fingerprint density at radius 1 is 0.571 bits per heavy atom. The second kappa shape index (κ2) is 7.28. The third-order valence-electron chi connectivity index (χ3n) is 5.44. The Morgan fingerprint density at radius 2 is 1.04 bits per heavy atom. The van der Waals surface area contributed by atoms with Gasteiger partial charge < -0.3 is 0 Å². The van der Waals surface area contributed by atoms with Crippen molar-refractivity contribution in [3.63, 3.8) is 0 Å². The van der Waals surface area contributed by atoms with E-state index in [9.17, 15) is 0 Å². The topological polar surface area (TPSA) is 0 Å². The first-order valence-corrected chi connectivity index (χ1v) is 11.5. The number of hydrogen-bond donors (Lipinski definition) is 0. The maximum atomic E-state index is 2.48. The van der Waals surface area contributed by atoms with E-state index in [0.717, 1.165) is 0 Å². The molecule has 154 valence electrons. The third-order valence-corrected chi connectivity index (χ3v) is 6.68. The van der Waals surface area contributed by atoms with Gasteiger partial charge in [-0.25, -0.2) is 0 Å². The number of rotatable bonds is 1. The molecule has 1 aliphatic carbocycles. The van der Waals surface area contributed by atoms with Crippen LogP contribution in [-0.2, 0) is 16.2 Å². The maximum absolute atomic E-state index is 2.48. The van der Waals surface area contributed by atoms with Crippen molar-refractivity contribution in [2.24, 2.45) is 5.41 Å². The molecule has 1 heteroatoms.